The Kier molecular flexibility index (Phi) is 3.36. The van der Waals surface area contributed by atoms with E-state index >= 15 is 0 Å². The molecule has 0 saturated carbocycles. The molecule has 0 fully saturated rings. The molecule has 0 spiro atoms. The smallest absolute Gasteiger partial charge is 0.141 e. The molecule has 0 aliphatic heterocycles. The Hall–Kier alpha value is -0.570. The lowest BCUT2D eigenvalue weighted by atomic mass is 10.2. The second-order valence-electron chi connectivity index (χ2n) is 2.34. The molecule has 1 nitrogen and oxygen atoms in total. The fourth-order valence-corrected chi connectivity index (χ4v) is 1.03. The van der Waals surface area contributed by atoms with Crippen molar-refractivity contribution in [3.8, 4) is 0 Å². The van der Waals surface area contributed by atoms with Gasteiger partial charge >= 0.3 is 0 Å². The number of halogens is 1. The Labute approximate surface area is 71.1 Å². The second-order valence-corrected chi connectivity index (χ2v) is 2.79. The summed E-state index contributed by atoms with van der Waals surface area (Å²) in [7, 11) is 0. The van der Waals surface area contributed by atoms with E-state index in [1.54, 1.807) is 6.20 Å². The van der Waals surface area contributed by atoms with Gasteiger partial charge in [0.25, 0.3) is 0 Å². The first kappa shape index (κ1) is 8.53. The summed E-state index contributed by atoms with van der Waals surface area (Å²) >= 11 is 4.06. The van der Waals surface area contributed by atoms with Crippen LogP contribution in [0.3, 0.4) is 0 Å². The van der Waals surface area contributed by atoms with Gasteiger partial charge in [0.2, 0.25) is 0 Å². The van der Waals surface area contributed by atoms with Crippen LogP contribution >= 0.6 is 12.6 Å². The van der Waals surface area contributed by atoms with Gasteiger partial charge in [-0.15, -0.1) is 0 Å². The van der Waals surface area contributed by atoms with E-state index in [-0.39, 0.29) is 5.82 Å². The fraction of sp³-hybridized carbons (Fsp3) is 0.375. The van der Waals surface area contributed by atoms with Crippen LogP contribution in [-0.4, -0.2) is 10.7 Å². The Bertz CT molecular complexity index is 227. The molecule has 11 heavy (non-hydrogen) atoms. The molecule has 0 bridgehead atoms. The van der Waals surface area contributed by atoms with Crippen LogP contribution in [0.5, 0.6) is 0 Å². The number of aromatic nitrogens is 1. The predicted octanol–water partition coefficient (Wildman–Crippen LogP) is 2.08. The van der Waals surface area contributed by atoms with Crippen molar-refractivity contribution in [3.05, 3.63) is 29.8 Å². The van der Waals surface area contributed by atoms with E-state index in [0.29, 0.717) is 0 Å². The standard InChI is InChI=1S/C8H10FNS/c9-8-4-7(2-1-3-11)5-10-6-8/h4-6,11H,1-3H2. The fourth-order valence-electron chi connectivity index (χ4n) is 0.876. The molecule has 1 rings (SSSR count). The average Bonchev–Trinajstić information content (AvgIpc) is 2.01. The average molecular weight is 171 g/mol. The summed E-state index contributed by atoms with van der Waals surface area (Å²) in [5.74, 6) is 0.568. The molecule has 0 aliphatic rings. The van der Waals surface area contributed by atoms with Crippen LogP contribution in [0.25, 0.3) is 0 Å². The lowest BCUT2D eigenvalue weighted by Crippen LogP contribution is -1.88. The molecule has 0 atom stereocenters. The highest BCUT2D eigenvalue weighted by molar-refractivity contribution is 7.80. The van der Waals surface area contributed by atoms with Crippen molar-refractivity contribution < 1.29 is 4.39 Å². The summed E-state index contributed by atoms with van der Waals surface area (Å²) in [4.78, 5) is 3.74. The van der Waals surface area contributed by atoms with Crippen molar-refractivity contribution in [1.29, 1.82) is 0 Å². The van der Waals surface area contributed by atoms with E-state index in [1.165, 1.54) is 12.3 Å². The Balaban J connectivity index is 2.56. The SMILES string of the molecule is Fc1cncc(CCCS)c1. The molecule has 0 aliphatic carbocycles. The number of hydrogen-bond donors (Lipinski definition) is 1. The molecule has 1 heterocycles. The van der Waals surface area contributed by atoms with Crippen molar-refractivity contribution >= 4 is 12.6 Å². The van der Waals surface area contributed by atoms with E-state index in [9.17, 15) is 4.39 Å². The number of aryl methyl sites for hydroxylation is 1. The third-order valence-electron chi connectivity index (χ3n) is 1.39. The summed E-state index contributed by atoms with van der Waals surface area (Å²) in [6, 6.07) is 1.51. The molecule has 0 saturated heterocycles. The quantitative estimate of drug-likeness (QED) is 0.687. The van der Waals surface area contributed by atoms with Gasteiger partial charge < -0.3 is 0 Å². The van der Waals surface area contributed by atoms with E-state index in [0.717, 1.165) is 24.2 Å². The monoisotopic (exact) mass is 171 g/mol. The largest absolute Gasteiger partial charge is 0.261 e. The summed E-state index contributed by atoms with van der Waals surface area (Å²) in [6.07, 6.45) is 4.72. The van der Waals surface area contributed by atoms with Gasteiger partial charge in [-0.3, -0.25) is 4.98 Å². The van der Waals surface area contributed by atoms with Crippen LogP contribution in [0.1, 0.15) is 12.0 Å². The second kappa shape index (κ2) is 4.34. The van der Waals surface area contributed by atoms with Crippen molar-refractivity contribution in [1.82, 2.24) is 4.98 Å². The molecule has 1 aromatic rings. The zero-order valence-electron chi connectivity index (χ0n) is 6.13. The molecule has 0 N–H and O–H groups in total. The first-order chi connectivity index (χ1) is 5.33. The van der Waals surface area contributed by atoms with E-state index < -0.39 is 0 Å². The number of hydrogen-bond acceptors (Lipinski definition) is 2. The van der Waals surface area contributed by atoms with Crippen molar-refractivity contribution in [3.63, 3.8) is 0 Å². The van der Waals surface area contributed by atoms with Crippen molar-refractivity contribution in [2.75, 3.05) is 5.75 Å². The van der Waals surface area contributed by atoms with Gasteiger partial charge in [-0.25, -0.2) is 4.39 Å². The van der Waals surface area contributed by atoms with Crippen LogP contribution in [-0.2, 0) is 6.42 Å². The Morgan fingerprint density at radius 2 is 2.27 bits per heavy atom. The zero-order chi connectivity index (χ0) is 8.10. The van der Waals surface area contributed by atoms with Crippen molar-refractivity contribution in [2.45, 2.75) is 12.8 Å². The number of pyridine rings is 1. The third kappa shape index (κ3) is 2.89. The van der Waals surface area contributed by atoms with Gasteiger partial charge in [-0.2, -0.15) is 12.6 Å². The maximum atomic E-state index is 12.5. The summed E-state index contributed by atoms with van der Waals surface area (Å²) in [5, 5.41) is 0. The number of nitrogens with zero attached hydrogens (tertiary/aromatic N) is 1. The predicted molar refractivity (Wildman–Crippen MR) is 46.4 cm³/mol. The van der Waals surface area contributed by atoms with Crippen LogP contribution in [0.15, 0.2) is 18.5 Å². The van der Waals surface area contributed by atoms with Gasteiger partial charge in [0.05, 0.1) is 6.20 Å². The van der Waals surface area contributed by atoms with Crippen molar-refractivity contribution in [2.24, 2.45) is 0 Å². The molecule has 1 aromatic heterocycles. The lowest BCUT2D eigenvalue weighted by Gasteiger charge is -1.97. The molecule has 0 unspecified atom stereocenters. The molecule has 3 heteroatoms. The van der Waals surface area contributed by atoms with Gasteiger partial charge in [0.1, 0.15) is 5.82 Å². The van der Waals surface area contributed by atoms with Crippen LogP contribution < -0.4 is 0 Å². The summed E-state index contributed by atoms with van der Waals surface area (Å²) in [5.41, 5.74) is 0.944. The highest BCUT2D eigenvalue weighted by atomic mass is 32.1. The van der Waals surface area contributed by atoms with Gasteiger partial charge in [0.15, 0.2) is 0 Å². The number of rotatable bonds is 3. The minimum Gasteiger partial charge on any atom is -0.261 e. The molecule has 0 amide bonds. The first-order valence-corrected chi connectivity index (χ1v) is 4.16. The van der Waals surface area contributed by atoms with Crippen LogP contribution in [0.4, 0.5) is 4.39 Å². The maximum absolute atomic E-state index is 12.5. The summed E-state index contributed by atoms with van der Waals surface area (Å²) in [6.45, 7) is 0. The summed E-state index contributed by atoms with van der Waals surface area (Å²) < 4.78 is 12.5. The van der Waals surface area contributed by atoms with E-state index in [2.05, 4.69) is 17.6 Å². The highest BCUT2D eigenvalue weighted by Crippen LogP contribution is 2.03. The normalized spacial score (nSPS) is 10.0. The van der Waals surface area contributed by atoms with Crippen LogP contribution in [0.2, 0.25) is 0 Å². The van der Waals surface area contributed by atoms with Gasteiger partial charge in [-0.05, 0) is 30.2 Å². The number of thiol groups is 1. The molecule has 0 radical (unpaired) electrons. The maximum Gasteiger partial charge on any atom is 0.141 e. The van der Waals surface area contributed by atoms with Gasteiger partial charge in [-0.1, -0.05) is 0 Å². The molecule has 60 valence electrons. The van der Waals surface area contributed by atoms with E-state index in [1.807, 2.05) is 0 Å². The van der Waals surface area contributed by atoms with Gasteiger partial charge in [0, 0.05) is 6.20 Å². The topological polar surface area (TPSA) is 12.9 Å². The lowest BCUT2D eigenvalue weighted by molar-refractivity contribution is 0.618. The molecular weight excluding hydrogens is 161 g/mol. The molecule has 0 aromatic carbocycles. The molecular formula is C8H10FNS. The Morgan fingerprint density at radius 3 is 2.91 bits per heavy atom. The zero-order valence-corrected chi connectivity index (χ0v) is 7.02. The Morgan fingerprint density at radius 1 is 1.45 bits per heavy atom. The minimum atomic E-state index is -0.262. The van der Waals surface area contributed by atoms with Crippen LogP contribution in [0, 0.1) is 5.82 Å². The highest BCUT2D eigenvalue weighted by Gasteiger charge is 1.94. The third-order valence-corrected chi connectivity index (χ3v) is 1.70. The minimum absolute atomic E-state index is 0.262. The first-order valence-electron chi connectivity index (χ1n) is 3.53. The van der Waals surface area contributed by atoms with E-state index in [4.69, 9.17) is 0 Å².